The van der Waals surface area contributed by atoms with E-state index in [1.165, 1.54) is 17.4 Å². The van der Waals surface area contributed by atoms with Gasteiger partial charge in [0.25, 0.3) is 11.8 Å². The van der Waals surface area contributed by atoms with E-state index in [2.05, 4.69) is 16.0 Å². The fourth-order valence-electron chi connectivity index (χ4n) is 2.06. The van der Waals surface area contributed by atoms with E-state index < -0.39 is 11.8 Å². The Labute approximate surface area is 142 Å². The minimum atomic E-state index is -0.542. The van der Waals surface area contributed by atoms with Crippen LogP contribution in [0.3, 0.4) is 0 Å². The van der Waals surface area contributed by atoms with E-state index in [0.29, 0.717) is 11.3 Å². The molecule has 2 N–H and O–H groups in total. The number of nitrogens with one attached hydrogen (secondary N) is 2. The van der Waals surface area contributed by atoms with Gasteiger partial charge in [0.2, 0.25) is 0 Å². The molecule has 122 valence electrons. The molecule has 1 aromatic carbocycles. The monoisotopic (exact) mass is 341 g/mol. The summed E-state index contributed by atoms with van der Waals surface area (Å²) in [6.45, 7) is 2.04. The Kier molecular flexibility index (Phi) is 4.72. The van der Waals surface area contributed by atoms with Crippen LogP contribution >= 0.6 is 11.3 Å². The molecule has 0 fully saturated rings. The maximum absolute atomic E-state index is 12.0. The average molecular weight is 341 g/mol. The summed E-state index contributed by atoms with van der Waals surface area (Å²) in [5.41, 5.74) is 6.39. The second-order valence-electron chi connectivity index (χ2n) is 5.01. The number of rotatable bonds is 4. The van der Waals surface area contributed by atoms with Gasteiger partial charge in [-0.3, -0.25) is 20.4 Å². The van der Waals surface area contributed by atoms with Crippen LogP contribution < -0.4 is 10.9 Å². The van der Waals surface area contributed by atoms with Crippen molar-refractivity contribution in [2.75, 3.05) is 0 Å². The summed E-state index contributed by atoms with van der Waals surface area (Å²) in [7, 11) is 0. The topological polar surface area (TPSA) is 84.2 Å². The molecule has 0 radical (unpaired) electrons. The number of aromatic nitrogens is 1. The first-order valence-corrected chi connectivity index (χ1v) is 8.25. The normalized spacial score (nSPS) is 10.4. The predicted octanol–water partition coefficient (Wildman–Crippen LogP) is 3.04. The van der Waals surface area contributed by atoms with Gasteiger partial charge in [-0.25, -0.2) is 0 Å². The van der Waals surface area contributed by atoms with Crippen molar-refractivity contribution in [1.82, 2.24) is 16.0 Å². The molecule has 0 spiro atoms. The average Bonchev–Trinajstić information content (AvgIpc) is 3.30. The molecule has 0 aliphatic rings. The lowest BCUT2D eigenvalue weighted by Crippen LogP contribution is -2.41. The maximum atomic E-state index is 12.0. The van der Waals surface area contributed by atoms with Gasteiger partial charge in [-0.2, -0.15) is 0 Å². The number of thiophene rings is 1. The van der Waals surface area contributed by atoms with Crippen LogP contribution in [0.15, 0.2) is 52.4 Å². The van der Waals surface area contributed by atoms with E-state index in [0.717, 1.165) is 16.9 Å². The minimum Gasteiger partial charge on any atom is -0.355 e. The number of hydrazine groups is 1. The molecule has 0 saturated heterocycles. The lowest BCUT2D eigenvalue weighted by atomic mass is 10.1. The van der Waals surface area contributed by atoms with Gasteiger partial charge in [-0.05, 0) is 35.6 Å². The number of carbonyl (C=O) groups excluding carboxylic acids is 2. The first-order valence-electron chi connectivity index (χ1n) is 7.37. The largest absolute Gasteiger partial charge is 0.355 e. The van der Waals surface area contributed by atoms with Crippen molar-refractivity contribution in [2.24, 2.45) is 0 Å². The lowest BCUT2D eigenvalue weighted by Gasteiger charge is -2.06. The van der Waals surface area contributed by atoms with Crippen LogP contribution in [0.5, 0.6) is 0 Å². The van der Waals surface area contributed by atoms with Crippen LogP contribution in [0.2, 0.25) is 0 Å². The fourth-order valence-corrected chi connectivity index (χ4v) is 2.73. The maximum Gasteiger partial charge on any atom is 0.291 e. The van der Waals surface area contributed by atoms with Gasteiger partial charge in [0.05, 0.1) is 4.88 Å². The first kappa shape index (κ1) is 15.9. The summed E-state index contributed by atoms with van der Waals surface area (Å²) >= 11 is 1.48. The molecule has 0 aliphatic heterocycles. The molecule has 6 nitrogen and oxygen atoms in total. The van der Waals surface area contributed by atoms with Crippen LogP contribution in [-0.2, 0) is 6.42 Å². The van der Waals surface area contributed by atoms with Gasteiger partial charge in [0.15, 0.2) is 11.5 Å². The van der Waals surface area contributed by atoms with Crippen LogP contribution in [0.4, 0.5) is 0 Å². The minimum absolute atomic E-state index is 0.0973. The Balaban J connectivity index is 1.59. The van der Waals surface area contributed by atoms with Crippen molar-refractivity contribution in [3.63, 3.8) is 0 Å². The summed E-state index contributed by atoms with van der Waals surface area (Å²) < 4.78 is 5.13. The zero-order chi connectivity index (χ0) is 16.9. The van der Waals surface area contributed by atoms with E-state index in [9.17, 15) is 9.59 Å². The Hall–Kier alpha value is -2.93. The zero-order valence-electron chi connectivity index (χ0n) is 12.9. The fraction of sp³-hybridized carbons (Fsp3) is 0.118. The molecule has 0 unspecified atom stereocenters. The van der Waals surface area contributed by atoms with Gasteiger partial charge in [0, 0.05) is 11.6 Å². The Morgan fingerprint density at radius 3 is 2.54 bits per heavy atom. The molecule has 2 aromatic heterocycles. The standard InChI is InChI=1S/C17H15N3O3S/c1-2-11-5-7-12(8-6-11)16(21)18-19-17(22)13-10-14(23-20-13)15-4-3-9-24-15/h3-10H,2H2,1H3,(H,18,21)(H,19,22). The number of amides is 2. The van der Waals surface area contributed by atoms with Gasteiger partial charge >= 0.3 is 0 Å². The number of benzene rings is 1. The lowest BCUT2D eigenvalue weighted by molar-refractivity contribution is 0.0841. The predicted molar refractivity (Wildman–Crippen MR) is 90.6 cm³/mol. The van der Waals surface area contributed by atoms with Crippen LogP contribution in [0.1, 0.15) is 33.3 Å². The Morgan fingerprint density at radius 2 is 1.88 bits per heavy atom. The molecule has 24 heavy (non-hydrogen) atoms. The number of hydrogen-bond donors (Lipinski definition) is 2. The molecular formula is C17H15N3O3S. The molecule has 7 heteroatoms. The van der Waals surface area contributed by atoms with Crippen molar-refractivity contribution in [1.29, 1.82) is 0 Å². The van der Waals surface area contributed by atoms with Crippen LogP contribution in [0.25, 0.3) is 10.6 Å². The van der Waals surface area contributed by atoms with Crippen molar-refractivity contribution >= 4 is 23.2 Å². The van der Waals surface area contributed by atoms with Gasteiger partial charge < -0.3 is 4.52 Å². The quantitative estimate of drug-likeness (QED) is 0.714. The van der Waals surface area contributed by atoms with E-state index in [-0.39, 0.29) is 5.69 Å². The molecule has 0 aliphatic carbocycles. The van der Waals surface area contributed by atoms with E-state index in [1.54, 1.807) is 12.1 Å². The highest BCUT2D eigenvalue weighted by Crippen LogP contribution is 2.24. The summed E-state index contributed by atoms with van der Waals surface area (Å²) in [5, 5.41) is 5.62. The highest BCUT2D eigenvalue weighted by Gasteiger charge is 2.15. The SMILES string of the molecule is CCc1ccc(C(=O)NNC(=O)c2cc(-c3cccs3)on2)cc1. The molecule has 0 saturated carbocycles. The van der Waals surface area contributed by atoms with Crippen LogP contribution in [0, 0.1) is 0 Å². The molecule has 2 heterocycles. The molecule has 0 bridgehead atoms. The molecule has 0 atom stereocenters. The van der Waals surface area contributed by atoms with Crippen molar-refractivity contribution in [2.45, 2.75) is 13.3 Å². The van der Waals surface area contributed by atoms with Crippen molar-refractivity contribution in [3.8, 4) is 10.6 Å². The summed E-state index contributed by atoms with van der Waals surface area (Å²) in [6.07, 6.45) is 0.900. The van der Waals surface area contributed by atoms with Crippen molar-refractivity contribution in [3.05, 3.63) is 64.7 Å². The molecular weight excluding hydrogens is 326 g/mol. The van der Waals surface area contributed by atoms with Gasteiger partial charge in [-0.1, -0.05) is 30.3 Å². The van der Waals surface area contributed by atoms with Crippen LogP contribution in [-0.4, -0.2) is 17.0 Å². The smallest absolute Gasteiger partial charge is 0.291 e. The van der Waals surface area contributed by atoms with Gasteiger partial charge in [-0.15, -0.1) is 11.3 Å². The Morgan fingerprint density at radius 1 is 1.12 bits per heavy atom. The third-order valence-corrected chi connectivity index (χ3v) is 4.31. The molecule has 3 aromatic rings. The first-order chi connectivity index (χ1) is 11.7. The molecule has 2 amide bonds. The summed E-state index contributed by atoms with van der Waals surface area (Å²) in [5.74, 6) is -0.426. The highest BCUT2D eigenvalue weighted by molar-refractivity contribution is 7.13. The Bertz CT molecular complexity index is 838. The number of hydrogen-bond acceptors (Lipinski definition) is 5. The zero-order valence-corrected chi connectivity index (χ0v) is 13.7. The number of nitrogens with zero attached hydrogens (tertiary/aromatic N) is 1. The second kappa shape index (κ2) is 7.10. The molecule has 3 rings (SSSR count). The van der Waals surface area contributed by atoms with Crippen molar-refractivity contribution < 1.29 is 14.1 Å². The second-order valence-corrected chi connectivity index (χ2v) is 5.96. The van der Waals surface area contributed by atoms with E-state index in [4.69, 9.17) is 4.52 Å². The third-order valence-electron chi connectivity index (χ3n) is 3.42. The number of carbonyl (C=O) groups is 2. The van der Waals surface area contributed by atoms with E-state index in [1.807, 2.05) is 36.6 Å². The van der Waals surface area contributed by atoms with Gasteiger partial charge in [0.1, 0.15) is 0 Å². The highest BCUT2D eigenvalue weighted by atomic mass is 32.1. The summed E-state index contributed by atoms with van der Waals surface area (Å²) in [4.78, 5) is 24.9. The summed E-state index contributed by atoms with van der Waals surface area (Å²) in [6, 6.07) is 12.5. The number of aryl methyl sites for hydroxylation is 1. The van der Waals surface area contributed by atoms with E-state index >= 15 is 0 Å². The third kappa shape index (κ3) is 3.52.